The van der Waals surface area contributed by atoms with Gasteiger partial charge in [0.25, 0.3) is 11.1 Å². The van der Waals surface area contributed by atoms with E-state index >= 15 is 0 Å². The number of thioether (sulfide) groups is 1. The molecule has 1 heterocycles. The third-order valence-electron chi connectivity index (χ3n) is 6.33. The molecule has 4 rings (SSSR count). The number of hydrogen-bond acceptors (Lipinski definition) is 4. The number of amides is 2. The molecule has 0 unspecified atom stereocenters. The Morgan fingerprint density at radius 3 is 2.30 bits per heavy atom. The number of hydrogen-bond donors (Lipinski definition) is 1. The molecule has 156 valence electrons. The fourth-order valence-electron chi connectivity index (χ4n) is 4.37. The Kier molecular flexibility index (Phi) is 5.05. The van der Waals surface area contributed by atoms with Crippen molar-refractivity contribution in [3.8, 4) is 16.9 Å². The maximum Gasteiger partial charge on any atom is 0.290 e. The van der Waals surface area contributed by atoms with Crippen LogP contribution in [0.2, 0.25) is 0 Å². The van der Waals surface area contributed by atoms with Crippen LogP contribution in [0.3, 0.4) is 0 Å². The molecule has 0 radical (unpaired) electrons. The molecule has 1 fully saturated rings. The Morgan fingerprint density at radius 2 is 1.67 bits per heavy atom. The van der Waals surface area contributed by atoms with Gasteiger partial charge in [0.2, 0.25) is 0 Å². The van der Waals surface area contributed by atoms with Crippen LogP contribution in [-0.4, -0.2) is 18.3 Å². The van der Waals surface area contributed by atoms with Gasteiger partial charge in [0.15, 0.2) is 0 Å². The van der Waals surface area contributed by atoms with Gasteiger partial charge >= 0.3 is 0 Å². The summed E-state index contributed by atoms with van der Waals surface area (Å²) in [5.74, 6) is 0.435. The van der Waals surface area contributed by atoms with Gasteiger partial charge in [-0.3, -0.25) is 14.9 Å². The lowest BCUT2D eigenvalue weighted by molar-refractivity contribution is -0.115. The van der Waals surface area contributed by atoms with E-state index in [1.54, 1.807) is 13.2 Å². The first-order chi connectivity index (χ1) is 14.1. The molecule has 1 aliphatic carbocycles. The normalized spacial score (nSPS) is 20.8. The SMILES string of the molecule is COc1ccc(C=C2SC(=O)NC2=O)cc1-c1ccc2c(c1)C(C)(C)CCC2(C)C. The van der Waals surface area contributed by atoms with Crippen LogP contribution >= 0.6 is 11.8 Å². The highest BCUT2D eigenvalue weighted by molar-refractivity contribution is 8.18. The standard InChI is InChI=1S/C25H27NO3S/c1-24(2)10-11-25(3,4)19-14-16(7-8-18(19)24)17-12-15(6-9-20(17)29-5)13-21-22(27)26-23(28)30-21/h6-9,12-14H,10-11H2,1-5H3,(H,26,27,28). The van der Waals surface area contributed by atoms with E-state index in [-0.39, 0.29) is 22.0 Å². The summed E-state index contributed by atoms with van der Waals surface area (Å²) in [5.41, 5.74) is 6.01. The number of rotatable bonds is 3. The van der Waals surface area contributed by atoms with Crippen molar-refractivity contribution in [2.75, 3.05) is 7.11 Å². The second-order valence-corrected chi connectivity index (χ2v) is 10.4. The zero-order chi connectivity index (χ0) is 21.7. The van der Waals surface area contributed by atoms with Crippen molar-refractivity contribution in [2.45, 2.75) is 51.4 Å². The first-order valence-corrected chi connectivity index (χ1v) is 11.0. The Bertz CT molecular complexity index is 1080. The number of ether oxygens (including phenoxy) is 1. The van der Waals surface area contributed by atoms with Crippen molar-refractivity contribution in [2.24, 2.45) is 0 Å². The van der Waals surface area contributed by atoms with Crippen LogP contribution in [0.15, 0.2) is 41.3 Å². The van der Waals surface area contributed by atoms with Gasteiger partial charge in [-0.15, -0.1) is 0 Å². The molecule has 1 N–H and O–H groups in total. The van der Waals surface area contributed by atoms with Crippen molar-refractivity contribution < 1.29 is 14.3 Å². The fourth-order valence-corrected chi connectivity index (χ4v) is 5.05. The molecule has 0 spiro atoms. The third kappa shape index (κ3) is 3.67. The quantitative estimate of drug-likeness (QED) is 0.614. The van der Waals surface area contributed by atoms with E-state index in [1.165, 1.54) is 17.5 Å². The minimum Gasteiger partial charge on any atom is -0.496 e. The predicted molar refractivity (Wildman–Crippen MR) is 123 cm³/mol. The van der Waals surface area contributed by atoms with Crippen molar-refractivity contribution in [1.82, 2.24) is 5.32 Å². The minimum absolute atomic E-state index is 0.118. The van der Waals surface area contributed by atoms with E-state index in [2.05, 4.69) is 51.2 Å². The molecule has 1 aliphatic heterocycles. The highest BCUT2D eigenvalue weighted by Crippen LogP contribution is 2.47. The Hall–Kier alpha value is -2.53. The molecule has 2 amide bonds. The van der Waals surface area contributed by atoms with Gasteiger partial charge in [0.05, 0.1) is 12.0 Å². The van der Waals surface area contributed by atoms with E-state index in [1.807, 2.05) is 18.2 Å². The topological polar surface area (TPSA) is 55.4 Å². The van der Waals surface area contributed by atoms with Crippen LogP contribution in [0.4, 0.5) is 4.79 Å². The maximum atomic E-state index is 11.9. The summed E-state index contributed by atoms with van der Waals surface area (Å²) < 4.78 is 5.64. The van der Waals surface area contributed by atoms with Crippen molar-refractivity contribution in [3.05, 3.63) is 58.0 Å². The van der Waals surface area contributed by atoms with Crippen LogP contribution in [0.1, 0.15) is 57.2 Å². The molecule has 2 aromatic rings. The Balaban J connectivity index is 1.82. The molecule has 0 aromatic heterocycles. The summed E-state index contributed by atoms with van der Waals surface area (Å²) in [6.45, 7) is 9.27. The monoisotopic (exact) mass is 421 g/mol. The number of fused-ring (bicyclic) bond motifs is 1. The zero-order valence-corrected chi connectivity index (χ0v) is 18.9. The second-order valence-electron chi connectivity index (χ2n) is 9.34. The van der Waals surface area contributed by atoms with Gasteiger partial charge < -0.3 is 4.74 Å². The Morgan fingerprint density at radius 1 is 0.967 bits per heavy atom. The smallest absolute Gasteiger partial charge is 0.290 e. The van der Waals surface area contributed by atoms with E-state index in [0.717, 1.165) is 40.6 Å². The molecule has 1 saturated heterocycles. The zero-order valence-electron chi connectivity index (χ0n) is 18.1. The summed E-state index contributed by atoms with van der Waals surface area (Å²) in [7, 11) is 1.67. The first-order valence-electron chi connectivity index (χ1n) is 10.2. The highest BCUT2D eigenvalue weighted by Gasteiger charge is 2.37. The third-order valence-corrected chi connectivity index (χ3v) is 7.14. The van der Waals surface area contributed by atoms with E-state index in [9.17, 15) is 9.59 Å². The number of imide groups is 1. The molecule has 0 bridgehead atoms. The van der Waals surface area contributed by atoms with Gasteiger partial charge in [-0.25, -0.2) is 0 Å². The van der Waals surface area contributed by atoms with Gasteiger partial charge in [0.1, 0.15) is 5.75 Å². The van der Waals surface area contributed by atoms with Crippen molar-refractivity contribution in [3.63, 3.8) is 0 Å². The van der Waals surface area contributed by atoms with E-state index in [0.29, 0.717) is 4.91 Å². The maximum absolute atomic E-state index is 11.9. The van der Waals surface area contributed by atoms with Crippen molar-refractivity contribution >= 4 is 29.0 Å². The van der Waals surface area contributed by atoms with E-state index < -0.39 is 0 Å². The lowest BCUT2D eigenvalue weighted by atomic mass is 9.63. The van der Waals surface area contributed by atoms with Gasteiger partial charge in [-0.2, -0.15) is 0 Å². The number of benzene rings is 2. The van der Waals surface area contributed by atoms with Gasteiger partial charge in [0, 0.05) is 5.56 Å². The van der Waals surface area contributed by atoms with Crippen molar-refractivity contribution in [1.29, 1.82) is 0 Å². The molecule has 2 aromatic carbocycles. The lowest BCUT2D eigenvalue weighted by Crippen LogP contribution is -2.33. The van der Waals surface area contributed by atoms with Crippen LogP contribution in [0, 0.1) is 0 Å². The minimum atomic E-state index is -0.347. The fraction of sp³-hybridized carbons (Fsp3) is 0.360. The van der Waals surface area contributed by atoms with Gasteiger partial charge in [-0.1, -0.05) is 52.0 Å². The average molecular weight is 422 g/mol. The molecule has 0 saturated carbocycles. The molecular weight excluding hydrogens is 394 g/mol. The summed E-state index contributed by atoms with van der Waals surface area (Å²) in [6, 6.07) is 12.6. The predicted octanol–water partition coefficient (Wildman–Crippen LogP) is 6.04. The molecule has 0 atom stereocenters. The number of carbonyl (C=O) groups excluding carboxylic acids is 2. The largest absolute Gasteiger partial charge is 0.496 e. The van der Waals surface area contributed by atoms with Crippen LogP contribution in [-0.2, 0) is 15.6 Å². The highest BCUT2D eigenvalue weighted by atomic mass is 32.2. The van der Waals surface area contributed by atoms with E-state index in [4.69, 9.17) is 4.74 Å². The van der Waals surface area contributed by atoms with Crippen LogP contribution in [0.25, 0.3) is 17.2 Å². The molecule has 5 heteroatoms. The number of methoxy groups -OCH3 is 1. The summed E-state index contributed by atoms with van der Waals surface area (Å²) in [6.07, 6.45) is 4.08. The summed E-state index contributed by atoms with van der Waals surface area (Å²) in [4.78, 5) is 23.8. The van der Waals surface area contributed by atoms with Crippen LogP contribution < -0.4 is 10.1 Å². The molecule has 2 aliphatic rings. The molecule has 4 nitrogen and oxygen atoms in total. The lowest BCUT2D eigenvalue weighted by Gasteiger charge is -2.42. The Labute approximate surface area is 182 Å². The first kappa shape index (κ1) is 20.7. The number of nitrogens with one attached hydrogen (secondary N) is 1. The average Bonchev–Trinajstić information content (AvgIpc) is 3.02. The molecule has 30 heavy (non-hydrogen) atoms. The molecular formula is C25H27NO3S. The van der Waals surface area contributed by atoms with Gasteiger partial charge in [-0.05, 0) is 75.9 Å². The van der Waals surface area contributed by atoms with Crippen LogP contribution in [0.5, 0.6) is 5.75 Å². The number of carbonyl (C=O) groups is 2. The second kappa shape index (κ2) is 7.31. The summed E-state index contributed by atoms with van der Waals surface area (Å²) >= 11 is 0.929. The summed E-state index contributed by atoms with van der Waals surface area (Å²) in [5, 5.41) is 1.97.